The van der Waals surface area contributed by atoms with E-state index < -0.39 is 0 Å². The maximum absolute atomic E-state index is 7.14. The Kier molecular flexibility index (Phi) is 11.2. The van der Waals surface area contributed by atoms with E-state index >= 15 is 0 Å². The third-order valence-corrected chi connectivity index (χ3v) is 11.5. The summed E-state index contributed by atoms with van der Waals surface area (Å²) in [6, 6.07) is 59.5. The van der Waals surface area contributed by atoms with E-state index in [1.165, 1.54) is 50.7 Å². The number of nitrogens with one attached hydrogen (secondary N) is 2. The SMILES string of the molecule is CC.CC1(C)c2ccccc2-c2cc(-c3cc(C4C=Cc5ccc6cccnc6c5N4)cc(C(N)c4ccc(-c5ccccc5)cc4)c3)ccc21.N=Cc1ccccc1. The van der Waals surface area contributed by atoms with E-state index in [0.717, 1.165) is 44.4 Å². The lowest BCUT2D eigenvalue weighted by Gasteiger charge is -2.26. The van der Waals surface area contributed by atoms with Crippen LogP contribution in [0.1, 0.15) is 78.7 Å². The second kappa shape index (κ2) is 16.9. The second-order valence-electron chi connectivity index (χ2n) is 15.4. The Balaban J connectivity index is 0.000000431. The molecular formula is C55H50N4. The molecule has 1 aliphatic heterocycles. The van der Waals surface area contributed by atoms with Crippen LogP contribution in [0.4, 0.5) is 5.69 Å². The van der Waals surface area contributed by atoms with E-state index in [2.05, 4.69) is 159 Å². The predicted octanol–water partition coefficient (Wildman–Crippen LogP) is 13.8. The number of hydrogen-bond acceptors (Lipinski definition) is 4. The minimum Gasteiger partial charge on any atom is -0.372 e. The Bertz CT molecular complexity index is 2770. The molecule has 2 heterocycles. The lowest BCUT2D eigenvalue weighted by molar-refractivity contribution is 0.660. The average Bonchev–Trinajstić information content (AvgIpc) is 3.55. The molecule has 2 atom stereocenters. The maximum Gasteiger partial charge on any atom is 0.0939 e. The van der Waals surface area contributed by atoms with Crippen LogP contribution < -0.4 is 11.1 Å². The fourth-order valence-electron chi connectivity index (χ4n) is 8.41. The van der Waals surface area contributed by atoms with Crippen LogP contribution in [-0.2, 0) is 5.41 Å². The Morgan fingerprint density at radius 3 is 2.05 bits per heavy atom. The summed E-state index contributed by atoms with van der Waals surface area (Å²) in [5.41, 5.74) is 24.7. The lowest BCUT2D eigenvalue weighted by atomic mass is 9.82. The fraction of sp³-hybridized carbons (Fsp3) is 0.127. The van der Waals surface area contributed by atoms with Gasteiger partial charge in [0.05, 0.1) is 23.3 Å². The van der Waals surface area contributed by atoms with Crippen molar-refractivity contribution >= 4 is 28.9 Å². The first-order valence-corrected chi connectivity index (χ1v) is 20.6. The van der Waals surface area contributed by atoms with Gasteiger partial charge in [0.1, 0.15) is 0 Å². The van der Waals surface area contributed by atoms with Crippen molar-refractivity contribution in [3.63, 3.8) is 0 Å². The third kappa shape index (κ3) is 7.75. The predicted molar refractivity (Wildman–Crippen MR) is 250 cm³/mol. The molecule has 10 rings (SSSR count). The normalized spacial score (nSPS) is 14.6. The Labute approximate surface area is 348 Å². The molecule has 0 spiro atoms. The zero-order chi connectivity index (χ0) is 40.9. The van der Waals surface area contributed by atoms with Gasteiger partial charge in [0.25, 0.3) is 0 Å². The van der Waals surface area contributed by atoms with Crippen LogP contribution in [0.15, 0.2) is 182 Å². The molecule has 7 aromatic carbocycles. The summed E-state index contributed by atoms with van der Waals surface area (Å²) in [7, 11) is 0. The molecule has 0 bridgehead atoms. The highest BCUT2D eigenvalue weighted by Gasteiger charge is 2.35. The van der Waals surface area contributed by atoms with Crippen LogP contribution in [-0.4, -0.2) is 11.2 Å². The molecule has 0 saturated heterocycles. The zero-order valence-electron chi connectivity index (χ0n) is 34.2. The average molecular weight is 767 g/mol. The van der Waals surface area contributed by atoms with E-state index in [1.807, 2.05) is 62.5 Å². The van der Waals surface area contributed by atoms with Gasteiger partial charge in [-0.3, -0.25) is 4.98 Å². The number of nitrogens with zero attached hydrogens (tertiary/aromatic N) is 1. The van der Waals surface area contributed by atoms with Crippen molar-refractivity contribution in [3.05, 3.63) is 221 Å². The minimum absolute atomic E-state index is 0.0350. The number of benzene rings is 7. The van der Waals surface area contributed by atoms with Crippen LogP contribution in [0, 0.1) is 5.41 Å². The largest absolute Gasteiger partial charge is 0.372 e. The minimum atomic E-state index is -0.292. The van der Waals surface area contributed by atoms with Gasteiger partial charge >= 0.3 is 0 Å². The van der Waals surface area contributed by atoms with Gasteiger partial charge in [-0.1, -0.05) is 185 Å². The molecule has 0 radical (unpaired) electrons. The summed E-state index contributed by atoms with van der Waals surface area (Å²) in [6.45, 7) is 8.66. The number of pyridine rings is 1. The van der Waals surface area contributed by atoms with Gasteiger partial charge in [-0.05, 0) is 96.6 Å². The van der Waals surface area contributed by atoms with Gasteiger partial charge in [0.15, 0.2) is 0 Å². The molecule has 8 aromatic rings. The molecule has 4 heteroatoms. The van der Waals surface area contributed by atoms with Crippen molar-refractivity contribution in [2.45, 2.75) is 45.2 Å². The first-order valence-electron chi connectivity index (χ1n) is 20.6. The molecule has 0 fully saturated rings. The van der Waals surface area contributed by atoms with Gasteiger partial charge in [-0.25, -0.2) is 0 Å². The first-order chi connectivity index (χ1) is 28.9. The van der Waals surface area contributed by atoms with Crippen molar-refractivity contribution in [3.8, 4) is 33.4 Å². The molecule has 4 nitrogen and oxygen atoms in total. The molecule has 2 aliphatic rings. The number of hydrogen-bond donors (Lipinski definition) is 3. The highest BCUT2D eigenvalue weighted by molar-refractivity contribution is 5.96. The Morgan fingerprint density at radius 1 is 0.627 bits per heavy atom. The van der Waals surface area contributed by atoms with Crippen molar-refractivity contribution in [1.82, 2.24) is 4.98 Å². The van der Waals surface area contributed by atoms with E-state index in [-0.39, 0.29) is 17.5 Å². The number of anilines is 1. The molecule has 4 N–H and O–H groups in total. The molecule has 0 saturated carbocycles. The first kappa shape index (κ1) is 39.0. The van der Waals surface area contributed by atoms with Crippen LogP contribution in [0.25, 0.3) is 50.4 Å². The summed E-state index contributed by atoms with van der Waals surface area (Å²) in [5.74, 6) is 0. The fourth-order valence-corrected chi connectivity index (χ4v) is 8.41. The molecule has 290 valence electrons. The summed E-state index contributed by atoms with van der Waals surface area (Å²) >= 11 is 0. The van der Waals surface area contributed by atoms with E-state index in [9.17, 15) is 0 Å². The smallest absolute Gasteiger partial charge is 0.0939 e. The molecule has 59 heavy (non-hydrogen) atoms. The molecule has 2 unspecified atom stereocenters. The highest BCUT2D eigenvalue weighted by Crippen LogP contribution is 2.49. The maximum atomic E-state index is 7.14. The van der Waals surface area contributed by atoms with E-state index in [0.29, 0.717) is 0 Å². The van der Waals surface area contributed by atoms with Gasteiger partial charge < -0.3 is 16.5 Å². The van der Waals surface area contributed by atoms with Crippen LogP contribution in [0.5, 0.6) is 0 Å². The van der Waals surface area contributed by atoms with E-state index in [4.69, 9.17) is 16.1 Å². The number of nitrogens with two attached hydrogens (primary N) is 1. The highest BCUT2D eigenvalue weighted by atomic mass is 14.9. The zero-order valence-corrected chi connectivity index (χ0v) is 34.2. The van der Waals surface area contributed by atoms with Crippen molar-refractivity contribution < 1.29 is 0 Å². The second-order valence-corrected chi connectivity index (χ2v) is 15.4. The van der Waals surface area contributed by atoms with E-state index in [1.54, 1.807) is 0 Å². The molecular weight excluding hydrogens is 717 g/mol. The van der Waals surface area contributed by atoms with Gasteiger partial charge in [0.2, 0.25) is 0 Å². The molecule has 0 amide bonds. The van der Waals surface area contributed by atoms with Gasteiger partial charge in [-0.2, -0.15) is 0 Å². The number of rotatable bonds is 6. The number of fused-ring (bicyclic) bond motifs is 6. The summed E-state index contributed by atoms with van der Waals surface area (Å²) in [4.78, 5) is 4.75. The quantitative estimate of drug-likeness (QED) is 0.148. The van der Waals surface area contributed by atoms with Crippen molar-refractivity contribution in [1.29, 1.82) is 5.41 Å². The Hall–Kier alpha value is -6.88. The number of aromatic nitrogens is 1. The van der Waals surface area contributed by atoms with Crippen LogP contribution in [0.3, 0.4) is 0 Å². The van der Waals surface area contributed by atoms with Gasteiger partial charge in [0, 0.05) is 23.2 Å². The lowest BCUT2D eigenvalue weighted by Crippen LogP contribution is -2.16. The standard InChI is InChI=1S/C46H37N3.C7H7N.C2H6/c1-46(2)40-13-7-6-12-38(40)39-28-34(20-22-41(39)46)35-25-36(42-23-21-33-19-18-32-11-8-24-48-44(32)45(33)49-42)27-37(26-35)43(47)31-16-14-30(15-17-31)29-9-4-3-5-10-29;8-6-7-4-2-1-3-5-7;1-2/h3-28,42-43,49H,47H2,1-2H3;1-6,8H;1-2H3. The van der Waals surface area contributed by atoms with Crippen LogP contribution >= 0.6 is 0 Å². The van der Waals surface area contributed by atoms with Crippen LogP contribution in [0.2, 0.25) is 0 Å². The molecule has 1 aliphatic carbocycles. The third-order valence-electron chi connectivity index (χ3n) is 11.5. The van der Waals surface area contributed by atoms with Crippen molar-refractivity contribution in [2.75, 3.05) is 5.32 Å². The van der Waals surface area contributed by atoms with Gasteiger partial charge in [-0.15, -0.1) is 0 Å². The van der Waals surface area contributed by atoms with Crippen molar-refractivity contribution in [2.24, 2.45) is 5.73 Å². The summed E-state index contributed by atoms with van der Waals surface area (Å²) < 4.78 is 0. The summed E-state index contributed by atoms with van der Waals surface area (Å²) in [6.07, 6.45) is 7.67. The monoisotopic (exact) mass is 766 g/mol. The topological polar surface area (TPSA) is 74.8 Å². The Morgan fingerprint density at radius 2 is 1.31 bits per heavy atom. The molecule has 1 aromatic heterocycles. The summed E-state index contributed by atoms with van der Waals surface area (Å²) in [5, 5.41) is 11.8.